The fourth-order valence-corrected chi connectivity index (χ4v) is 4.04. The maximum Gasteiger partial charge on any atom is 0.414 e. The molecule has 2 aromatic heterocycles. The number of anilines is 1. The molecule has 5 rings (SSSR count). The summed E-state index contributed by atoms with van der Waals surface area (Å²) in [7, 11) is 0. The summed E-state index contributed by atoms with van der Waals surface area (Å²) in [6.07, 6.45) is 3.29. The van der Waals surface area contributed by atoms with Crippen LogP contribution in [0.3, 0.4) is 0 Å². The Hall–Kier alpha value is -4.10. The Bertz CT molecular complexity index is 1210. The van der Waals surface area contributed by atoms with E-state index < -0.39 is 11.9 Å². The zero-order valence-electron chi connectivity index (χ0n) is 19.6. The molecule has 0 spiro atoms. The Morgan fingerprint density at radius 1 is 0.946 bits per heavy atom. The van der Waals surface area contributed by atoms with Crippen molar-refractivity contribution in [3.05, 3.63) is 53.6 Å². The van der Waals surface area contributed by atoms with Gasteiger partial charge in [-0.15, -0.1) is 0 Å². The van der Waals surface area contributed by atoms with Gasteiger partial charge < -0.3 is 24.5 Å². The average Bonchev–Trinajstić information content (AvgIpc) is 3.37. The molecular formula is C23H24ClN7O6. The molecule has 1 amide bonds. The normalized spacial score (nSPS) is 15.9. The number of carboxylic acid groups (broad SMARTS) is 2. The van der Waals surface area contributed by atoms with Gasteiger partial charge in [0.15, 0.2) is 0 Å². The summed E-state index contributed by atoms with van der Waals surface area (Å²) >= 11 is 5.97. The number of benzene rings is 1. The highest BCUT2D eigenvalue weighted by atomic mass is 35.5. The number of carboxylic acids is 2. The lowest BCUT2D eigenvalue weighted by Gasteiger charge is -2.40. The first-order valence-corrected chi connectivity index (χ1v) is 11.8. The van der Waals surface area contributed by atoms with Crippen molar-refractivity contribution < 1.29 is 29.1 Å². The quantitative estimate of drug-likeness (QED) is 0.452. The molecule has 0 saturated carbocycles. The number of aromatic nitrogens is 4. The van der Waals surface area contributed by atoms with Crippen LogP contribution in [0.2, 0.25) is 5.02 Å². The SMILES string of the molecule is O=C(CN1CC(c2nc(-c3ncccn3)no2)C1)N1CCN(c2ccc(Cl)cc2)CC1.O=C(O)C(=O)O. The second-order valence-corrected chi connectivity index (χ2v) is 8.81. The maximum atomic E-state index is 12.7. The number of hydrogen-bond donors (Lipinski definition) is 2. The summed E-state index contributed by atoms with van der Waals surface area (Å²) in [6.45, 7) is 4.97. The van der Waals surface area contributed by atoms with Gasteiger partial charge >= 0.3 is 11.9 Å². The molecule has 3 aromatic rings. The lowest BCUT2D eigenvalue weighted by Crippen LogP contribution is -2.54. The number of likely N-dealkylation sites (tertiary alicyclic amines) is 1. The third-order valence-corrected chi connectivity index (χ3v) is 6.13. The second kappa shape index (κ2) is 11.8. The molecule has 1 aromatic carbocycles. The minimum atomic E-state index is -1.82. The highest BCUT2D eigenvalue weighted by molar-refractivity contribution is 6.30. The van der Waals surface area contributed by atoms with Crippen LogP contribution < -0.4 is 4.90 Å². The molecule has 37 heavy (non-hydrogen) atoms. The van der Waals surface area contributed by atoms with E-state index in [0.29, 0.717) is 24.1 Å². The fraction of sp³-hybridized carbons (Fsp3) is 0.348. The highest BCUT2D eigenvalue weighted by Crippen LogP contribution is 2.27. The van der Waals surface area contributed by atoms with Gasteiger partial charge in [-0.2, -0.15) is 4.98 Å². The third-order valence-electron chi connectivity index (χ3n) is 5.88. The van der Waals surface area contributed by atoms with E-state index in [1.807, 2.05) is 29.2 Å². The monoisotopic (exact) mass is 529 g/mol. The second-order valence-electron chi connectivity index (χ2n) is 8.37. The van der Waals surface area contributed by atoms with Gasteiger partial charge in [-0.05, 0) is 30.3 Å². The summed E-state index contributed by atoms with van der Waals surface area (Å²) in [6, 6.07) is 9.57. The summed E-state index contributed by atoms with van der Waals surface area (Å²) < 4.78 is 5.38. The molecule has 14 heteroatoms. The van der Waals surface area contributed by atoms with Crippen molar-refractivity contribution in [3.8, 4) is 11.6 Å². The van der Waals surface area contributed by atoms with Crippen LogP contribution in [0.15, 0.2) is 47.2 Å². The predicted molar refractivity (Wildman–Crippen MR) is 130 cm³/mol. The molecule has 0 unspecified atom stereocenters. The maximum absolute atomic E-state index is 12.7. The van der Waals surface area contributed by atoms with Crippen LogP contribution in [0.4, 0.5) is 5.69 Å². The smallest absolute Gasteiger partial charge is 0.414 e. The van der Waals surface area contributed by atoms with Crippen LogP contribution in [-0.2, 0) is 14.4 Å². The molecule has 0 radical (unpaired) electrons. The van der Waals surface area contributed by atoms with Crippen molar-refractivity contribution in [1.29, 1.82) is 0 Å². The number of carbonyl (C=O) groups is 3. The lowest BCUT2D eigenvalue weighted by molar-refractivity contribution is -0.159. The molecule has 13 nitrogen and oxygen atoms in total. The van der Waals surface area contributed by atoms with E-state index >= 15 is 0 Å². The molecule has 2 aliphatic rings. The van der Waals surface area contributed by atoms with Crippen LogP contribution in [0.1, 0.15) is 11.8 Å². The number of aliphatic carboxylic acids is 2. The van der Waals surface area contributed by atoms with Gasteiger partial charge in [0.25, 0.3) is 0 Å². The van der Waals surface area contributed by atoms with Gasteiger partial charge in [0, 0.05) is 62.4 Å². The summed E-state index contributed by atoms with van der Waals surface area (Å²) in [5, 5.41) is 19.5. The number of halogens is 1. The first-order valence-electron chi connectivity index (χ1n) is 11.4. The van der Waals surface area contributed by atoms with Gasteiger partial charge in [0.2, 0.25) is 23.4 Å². The molecule has 0 bridgehead atoms. The van der Waals surface area contributed by atoms with E-state index in [9.17, 15) is 4.79 Å². The minimum absolute atomic E-state index is 0.138. The summed E-state index contributed by atoms with van der Waals surface area (Å²) in [5.74, 6) is -1.93. The molecule has 0 aliphatic carbocycles. The number of piperazine rings is 1. The van der Waals surface area contributed by atoms with Crippen molar-refractivity contribution in [2.75, 3.05) is 50.7 Å². The number of carbonyl (C=O) groups excluding carboxylic acids is 1. The summed E-state index contributed by atoms with van der Waals surface area (Å²) in [5.41, 5.74) is 1.14. The van der Waals surface area contributed by atoms with E-state index in [2.05, 4.69) is 29.9 Å². The van der Waals surface area contributed by atoms with E-state index in [1.54, 1.807) is 18.5 Å². The van der Waals surface area contributed by atoms with Crippen molar-refractivity contribution >= 4 is 35.1 Å². The molecule has 4 heterocycles. The summed E-state index contributed by atoms with van der Waals surface area (Å²) in [4.78, 5) is 49.9. The van der Waals surface area contributed by atoms with Crippen LogP contribution in [0, 0.1) is 0 Å². The van der Waals surface area contributed by atoms with Crippen molar-refractivity contribution in [1.82, 2.24) is 29.9 Å². The minimum Gasteiger partial charge on any atom is -0.473 e. The van der Waals surface area contributed by atoms with E-state index in [1.165, 1.54) is 0 Å². The Morgan fingerprint density at radius 2 is 1.57 bits per heavy atom. The van der Waals surface area contributed by atoms with Crippen molar-refractivity contribution in [3.63, 3.8) is 0 Å². The number of rotatable bonds is 5. The number of hydrogen-bond acceptors (Lipinski definition) is 10. The third kappa shape index (κ3) is 6.77. The molecule has 2 saturated heterocycles. The number of amides is 1. The van der Waals surface area contributed by atoms with E-state index in [4.69, 9.17) is 35.9 Å². The zero-order valence-corrected chi connectivity index (χ0v) is 20.4. The van der Waals surface area contributed by atoms with Crippen molar-refractivity contribution in [2.45, 2.75) is 5.92 Å². The molecule has 0 atom stereocenters. The molecule has 2 fully saturated rings. The Morgan fingerprint density at radius 3 is 2.16 bits per heavy atom. The highest BCUT2D eigenvalue weighted by Gasteiger charge is 2.35. The first-order chi connectivity index (χ1) is 17.8. The van der Waals surface area contributed by atoms with Crippen LogP contribution in [0.5, 0.6) is 0 Å². The zero-order chi connectivity index (χ0) is 26.4. The standard InChI is InChI=1S/C21H22ClN7O2.C2H2O4/c22-16-2-4-17(5-3-16)28-8-10-29(11-9-28)18(30)14-27-12-15(13-27)21-25-20(26-31-21)19-23-6-1-7-24-19;3-1(4)2(5)6/h1-7,15H,8-14H2;(H,3,4)(H,5,6). The van der Waals surface area contributed by atoms with E-state index in [0.717, 1.165) is 50.0 Å². The Labute approximate surface area is 216 Å². The molecule has 2 N–H and O–H groups in total. The predicted octanol–water partition coefficient (Wildman–Crippen LogP) is 1.08. The largest absolute Gasteiger partial charge is 0.473 e. The van der Waals surface area contributed by atoms with Crippen LogP contribution in [0.25, 0.3) is 11.6 Å². The van der Waals surface area contributed by atoms with E-state index in [-0.39, 0.29) is 11.8 Å². The van der Waals surface area contributed by atoms with Crippen LogP contribution in [-0.4, -0.2) is 104 Å². The van der Waals surface area contributed by atoms with Gasteiger partial charge in [-0.25, -0.2) is 19.6 Å². The van der Waals surface area contributed by atoms with Gasteiger partial charge in [-0.3, -0.25) is 9.69 Å². The average molecular weight is 530 g/mol. The molecule has 194 valence electrons. The topological polar surface area (TPSA) is 166 Å². The number of nitrogens with zero attached hydrogens (tertiary/aromatic N) is 7. The first kappa shape index (κ1) is 26.0. The van der Waals surface area contributed by atoms with Gasteiger partial charge in [0.05, 0.1) is 12.5 Å². The fourth-order valence-electron chi connectivity index (χ4n) is 3.92. The molecule has 2 aliphatic heterocycles. The van der Waals surface area contributed by atoms with Gasteiger partial charge in [-0.1, -0.05) is 16.8 Å². The van der Waals surface area contributed by atoms with Crippen molar-refractivity contribution in [2.24, 2.45) is 0 Å². The Kier molecular flexibility index (Phi) is 8.25. The molecular weight excluding hydrogens is 506 g/mol. The van der Waals surface area contributed by atoms with Gasteiger partial charge in [0.1, 0.15) is 0 Å². The van der Waals surface area contributed by atoms with Crippen LogP contribution >= 0.6 is 11.6 Å². The Balaban J connectivity index is 0.000000480. The lowest BCUT2D eigenvalue weighted by atomic mass is 10.0.